The third-order valence-corrected chi connectivity index (χ3v) is 6.85. The Morgan fingerprint density at radius 3 is 2.39 bits per heavy atom. The van der Waals surface area contributed by atoms with Crippen LogP contribution in [0.3, 0.4) is 0 Å². The molecular formula is C27H39N7O2. The number of rotatable bonds is 9. The van der Waals surface area contributed by atoms with Crippen LogP contribution in [0.1, 0.15) is 26.3 Å². The number of anilines is 2. The molecule has 4 unspecified atom stereocenters. The van der Waals surface area contributed by atoms with Gasteiger partial charge in [0.05, 0.1) is 19.0 Å². The number of nitrogens with two attached hydrogens (primary N) is 1. The van der Waals surface area contributed by atoms with Crippen LogP contribution in [0.25, 0.3) is 0 Å². The zero-order valence-electron chi connectivity index (χ0n) is 21.6. The summed E-state index contributed by atoms with van der Waals surface area (Å²) < 4.78 is 0. The SMILES string of the molecule is CC(C)CN1C(=O)N(C)C(=O)C(C(NCc2ccc(N3CNC(C)C3)cc2)Nc2ccccc2)C1N. The summed E-state index contributed by atoms with van der Waals surface area (Å²) >= 11 is 0. The van der Waals surface area contributed by atoms with Crippen LogP contribution < -0.4 is 26.6 Å². The number of nitrogens with one attached hydrogen (secondary N) is 3. The van der Waals surface area contributed by atoms with E-state index in [2.05, 4.69) is 52.0 Å². The molecule has 3 amide bonds. The first kappa shape index (κ1) is 25.9. The van der Waals surface area contributed by atoms with E-state index in [9.17, 15) is 9.59 Å². The quantitative estimate of drug-likeness (QED) is 0.398. The van der Waals surface area contributed by atoms with E-state index in [-0.39, 0.29) is 17.9 Å². The lowest BCUT2D eigenvalue weighted by Gasteiger charge is -2.45. The first-order valence-corrected chi connectivity index (χ1v) is 12.7. The molecule has 9 heteroatoms. The second kappa shape index (κ2) is 11.3. The van der Waals surface area contributed by atoms with Crippen LogP contribution in [0.2, 0.25) is 0 Å². The van der Waals surface area contributed by atoms with Gasteiger partial charge in [0.1, 0.15) is 5.92 Å². The zero-order chi connectivity index (χ0) is 25.8. The molecule has 0 aliphatic carbocycles. The Bertz CT molecular complexity index is 1030. The Kier molecular flexibility index (Phi) is 8.13. The van der Waals surface area contributed by atoms with Gasteiger partial charge >= 0.3 is 6.03 Å². The first-order chi connectivity index (χ1) is 17.2. The topological polar surface area (TPSA) is 106 Å². The molecule has 0 aromatic heterocycles. The van der Waals surface area contributed by atoms with Crippen LogP contribution in [0.4, 0.5) is 16.2 Å². The summed E-state index contributed by atoms with van der Waals surface area (Å²) in [4.78, 5) is 31.3. The van der Waals surface area contributed by atoms with Gasteiger partial charge in [-0.05, 0) is 42.7 Å². The van der Waals surface area contributed by atoms with Crippen molar-refractivity contribution in [2.24, 2.45) is 17.6 Å². The van der Waals surface area contributed by atoms with Crippen LogP contribution >= 0.6 is 0 Å². The van der Waals surface area contributed by atoms with E-state index in [1.165, 1.54) is 17.6 Å². The van der Waals surface area contributed by atoms with Gasteiger partial charge in [-0.3, -0.25) is 20.3 Å². The van der Waals surface area contributed by atoms with Gasteiger partial charge in [0.2, 0.25) is 5.91 Å². The predicted molar refractivity (Wildman–Crippen MR) is 143 cm³/mol. The third-order valence-electron chi connectivity index (χ3n) is 6.85. The molecule has 0 radical (unpaired) electrons. The predicted octanol–water partition coefficient (Wildman–Crippen LogP) is 2.42. The highest BCUT2D eigenvalue weighted by atomic mass is 16.2. The van der Waals surface area contributed by atoms with Crippen molar-refractivity contribution in [3.05, 3.63) is 60.2 Å². The summed E-state index contributed by atoms with van der Waals surface area (Å²) in [6.45, 7) is 9.11. The Hall–Kier alpha value is -3.14. The van der Waals surface area contributed by atoms with Crippen LogP contribution in [-0.2, 0) is 11.3 Å². The number of hydrogen-bond acceptors (Lipinski definition) is 7. The van der Waals surface area contributed by atoms with Crippen molar-refractivity contribution < 1.29 is 9.59 Å². The maximum atomic E-state index is 13.3. The Labute approximate surface area is 214 Å². The van der Waals surface area contributed by atoms with E-state index in [0.29, 0.717) is 19.1 Å². The van der Waals surface area contributed by atoms with Gasteiger partial charge in [0.15, 0.2) is 0 Å². The Morgan fingerprint density at radius 1 is 1.08 bits per heavy atom. The van der Waals surface area contributed by atoms with Crippen LogP contribution in [0.5, 0.6) is 0 Å². The fraction of sp³-hybridized carbons (Fsp3) is 0.481. The number of carbonyl (C=O) groups excluding carboxylic acids is 2. The van der Waals surface area contributed by atoms with E-state index in [4.69, 9.17) is 5.73 Å². The monoisotopic (exact) mass is 493 g/mol. The molecule has 0 spiro atoms. The molecule has 9 nitrogen and oxygen atoms in total. The van der Waals surface area contributed by atoms with Crippen LogP contribution in [0.15, 0.2) is 54.6 Å². The summed E-state index contributed by atoms with van der Waals surface area (Å²) in [7, 11) is 1.53. The van der Waals surface area contributed by atoms with Gasteiger partial charge in [0.25, 0.3) is 0 Å². The van der Waals surface area contributed by atoms with Crippen molar-refractivity contribution >= 4 is 23.3 Å². The second-order valence-electron chi connectivity index (χ2n) is 10.3. The molecule has 2 aliphatic rings. The third kappa shape index (κ3) is 5.80. The van der Waals surface area contributed by atoms with Gasteiger partial charge in [-0.25, -0.2) is 4.79 Å². The summed E-state index contributed by atoms with van der Waals surface area (Å²) in [5.74, 6) is -0.731. The summed E-state index contributed by atoms with van der Waals surface area (Å²) in [5, 5.41) is 10.4. The molecule has 0 saturated carbocycles. The number of nitrogens with zero attached hydrogens (tertiary/aromatic N) is 3. The van der Waals surface area contributed by atoms with E-state index in [0.717, 1.165) is 24.5 Å². The molecule has 4 rings (SSSR count). The summed E-state index contributed by atoms with van der Waals surface area (Å²) in [6, 6.07) is 18.3. The first-order valence-electron chi connectivity index (χ1n) is 12.7. The van der Waals surface area contributed by atoms with Gasteiger partial charge in [-0.2, -0.15) is 0 Å². The highest BCUT2D eigenvalue weighted by Gasteiger charge is 2.47. The number of carbonyl (C=O) groups is 2. The number of imide groups is 1. The van der Waals surface area contributed by atoms with Gasteiger partial charge in [-0.1, -0.05) is 44.2 Å². The van der Waals surface area contributed by atoms with Crippen molar-refractivity contribution in [2.75, 3.05) is 37.0 Å². The fourth-order valence-corrected chi connectivity index (χ4v) is 4.87. The van der Waals surface area contributed by atoms with Gasteiger partial charge in [-0.15, -0.1) is 0 Å². The molecule has 0 bridgehead atoms. The molecule has 2 aromatic carbocycles. The lowest BCUT2D eigenvalue weighted by molar-refractivity contribution is -0.138. The largest absolute Gasteiger partial charge is 0.369 e. The van der Waals surface area contributed by atoms with Crippen molar-refractivity contribution in [3.8, 4) is 0 Å². The number of amides is 3. The maximum Gasteiger partial charge on any atom is 0.327 e. The lowest BCUT2D eigenvalue weighted by atomic mass is 9.95. The minimum Gasteiger partial charge on any atom is -0.369 e. The number of benzene rings is 2. The fourth-order valence-electron chi connectivity index (χ4n) is 4.87. The van der Waals surface area contributed by atoms with Crippen LogP contribution in [-0.4, -0.2) is 66.9 Å². The minimum atomic E-state index is -0.746. The molecule has 2 aromatic rings. The smallest absolute Gasteiger partial charge is 0.327 e. The second-order valence-corrected chi connectivity index (χ2v) is 10.3. The van der Waals surface area contributed by atoms with Crippen molar-refractivity contribution in [1.29, 1.82) is 0 Å². The molecule has 36 heavy (non-hydrogen) atoms. The molecule has 4 atom stereocenters. The van der Waals surface area contributed by atoms with Crippen molar-refractivity contribution in [3.63, 3.8) is 0 Å². The number of urea groups is 1. The highest BCUT2D eigenvalue weighted by molar-refractivity contribution is 5.98. The number of hydrogen-bond donors (Lipinski definition) is 4. The molecule has 194 valence electrons. The molecule has 2 heterocycles. The normalized spacial score (nSPS) is 23.5. The summed E-state index contributed by atoms with van der Waals surface area (Å²) in [5.41, 5.74) is 9.76. The van der Waals surface area contributed by atoms with Crippen molar-refractivity contribution in [1.82, 2.24) is 20.4 Å². The standard InChI is InChI=1S/C27H39N7O2/c1-18(2)15-34-24(28)23(26(35)32(4)27(34)36)25(31-21-8-6-5-7-9-21)29-14-20-10-12-22(13-11-20)33-16-19(3)30-17-33/h5-13,18-19,23-25,29-31H,14-17,28H2,1-4H3. The lowest BCUT2D eigenvalue weighted by Crippen LogP contribution is -2.69. The highest BCUT2D eigenvalue weighted by Crippen LogP contribution is 2.25. The van der Waals surface area contributed by atoms with E-state index in [1.807, 2.05) is 44.2 Å². The summed E-state index contributed by atoms with van der Waals surface area (Å²) in [6.07, 6.45) is -1.23. The van der Waals surface area contributed by atoms with Gasteiger partial charge < -0.3 is 20.9 Å². The Balaban J connectivity index is 1.53. The molecule has 2 saturated heterocycles. The van der Waals surface area contributed by atoms with E-state index < -0.39 is 18.2 Å². The average Bonchev–Trinajstić information content (AvgIpc) is 3.31. The molecular weight excluding hydrogens is 454 g/mol. The van der Waals surface area contributed by atoms with Crippen molar-refractivity contribution in [2.45, 2.75) is 45.7 Å². The maximum absolute atomic E-state index is 13.3. The van der Waals surface area contributed by atoms with E-state index >= 15 is 0 Å². The zero-order valence-corrected chi connectivity index (χ0v) is 21.6. The van der Waals surface area contributed by atoms with Crippen LogP contribution in [0, 0.1) is 11.8 Å². The molecule has 2 fully saturated rings. The molecule has 2 aliphatic heterocycles. The van der Waals surface area contributed by atoms with E-state index in [1.54, 1.807) is 4.90 Å². The minimum absolute atomic E-state index is 0.225. The number of para-hydroxylation sites is 1. The average molecular weight is 494 g/mol. The molecule has 5 N–H and O–H groups in total. The Morgan fingerprint density at radius 2 is 1.78 bits per heavy atom. The van der Waals surface area contributed by atoms with Gasteiger partial charge in [0, 0.05) is 44.1 Å².